The number of aromatic nitrogens is 2. The SMILES string of the molecule is O=C(O)c1ccn(Cc2c(Cl)cccc2Cl)n1. The van der Waals surface area contributed by atoms with Gasteiger partial charge in [-0.05, 0) is 18.2 Å². The highest BCUT2D eigenvalue weighted by atomic mass is 35.5. The molecule has 1 heterocycles. The Morgan fingerprint density at radius 1 is 1.29 bits per heavy atom. The standard InChI is InChI=1S/C11H8Cl2N2O2/c12-8-2-1-3-9(13)7(8)6-15-5-4-10(14-15)11(16)17/h1-5H,6H2,(H,16,17). The van der Waals surface area contributed by atoms with Crippen LogP contribution in [0.2, 0.25) is 10.0 Å². The van der Waals surface area contributed by atoms with E-state index in [1.165, 1.54) is 10.7 Å². The van der Waals surface area contributed by atoms with Gasteiger partial charge in [-0.1, -0.05) is 29.3 Å². The molecule has 4 nitrogen and oxygen atoms in total. The van der Waals surface area contributed by atoms with Crippen molar-refractivity contribution in [2.75, 3.05) is 0 Å². The molecule has 0 radical (unpaired) electrons. The van der Waals surface area contributed by atoms with E-state index in [2.05, 4.69) is 5.10 Å². The van der Waals surface area contributed by atoms with Crippen LogP contribution in [0.15, 0.2) is 30.5 Å². The molecular weight excluding hydrogens is 263 g/mol. The van der Waals surface area contributed by atoms with Crippen LogP contribution < -0.4 is 0 Å². The highest BCUT2D eigenvalue weighted by Crippen LogP contribution is 2.24. The Bertz CT molecular complexity index is 546. The van der Waals surface area contributed by atoms with Crippen LogP contribution in [-0.4, -0.2) is 20.9 Å². The van der Waals surface area contributed by atoms with E-state index in [0.717, 1.165) is 5.56 Å². The van der Waals surface area contributed by atoms with Gasteiger partial charge in [-0.2, -0.15) is 5.10 Å². The summed E-state index contributed by atoms with van der Waals surface area (Å²) in [6.07, 6.45) is 1.57. The molecule has 6 heteroatoms. The number of rotatable bonds is 3. The third kappa shape index (κ3) is 2.60. The van der Waals surface area contributed by atoms with Gasteiger partial charge >= 0.3 is 5.97 Å². The maximum Gasteiger partial charge on any atom is 0.356 e. The lowest BCUT2D eigenvalue weighted by Gasteiger charge is -2.06. The summed E-state index contributed by atoms with van der Waals surface area (Å²) in [7, 11) is 0. The van der Waals surface area contributed by atoms with Crippen LogP contribution in [0.4, 0.5) is 0 Å². The Labute approximate surface area is 107 Å². The van der Waals surface area contributed by atoms with Crippen molar-refractivity contribution in [3.05, 3.63) is 51.8 Å². The molecule has 0 aliphatic carbocycles. The van der Waals surface area contributed by atoms with Gasteiger partial charge < -0.3 is 5.11 Å². The second-order valence-electron chi connectivity index (χ2n) is 3.40. The molecule has 2 rings (SSSR count). The van der Waals surface area contributed by atoms with Crippen molar-refractivity contribution in [1.29, 1.82) is 0 Å². The average molecular weight is 271 g/mol. The van der Waals surface area contributed by atoms with Gasteiger partial charge in [-0.25, -0.2) is 4.79 Å². The van der Waals surface area contributed by atoms with Crippen LogP contribution in [-0.2, 0) is 6.54 Å². The zero-order valence-electron chi connectivity index (χ0n) is 8.60. The van der Waals surface area contributed by atoms with Crippen molar-refractivity contribution < 1.29 is 9.90 Å². The van der Waals surface area contributed by atoms with Gasteiger partial charge in [0, 0.05) is 21.8 Å². The van der Waals surface area contributed by atoms with Crippen molar-refractivity contribution in [2.45, 2.75) is 6.54 Å². The summed E-state index contributed by atoms with van der Waals surface area (Å²) in [5, 5.41) is 13.7. The summed E-state index contributed by atoms with van der Waals surface area (Å²) >= 11 is 12.0. The van der Waals surface area contributed by atoms with Gasteiger partial charge in [0.2, 0.25) is 0 Å². The molecule has 1 aromatic carbocycles. The van der Waals surface area contributed by atoms with Gasteiger partial charge in [0.1, 0.15) is 0 Å². The number of carboxylic acids is 1. The summed E-state index contributed by atoms with van der Waals surface area (Å²) in [6.45, 7) is 0.339. The largest absolute Gasteiger partial charge is 0.476 e. The second-order valence-corrected chi connectivity index (χ2v) is 4.22. The van der Waals surface area contributed by atoms with Crippen molar-refractivity contribution >= 4 is 29.2 Å². The molecule has 1 N–H and O–H groups in total. The van der Waals surface area contributed by atoms with E-state index in [4.69, 9.17) is 28.3 Å². The lowest BCUT2D eigenvalue weighted by Crippen LogP contribution is -2.04. The molecule has 0 unspecified atom stereocenters. The number of carboxylic acid groups (broad SMARTS) is 1. The van der Waals surface area contributed by atoms with Crippen molar-refractivity contribution in [3.63, 3.8) is 0 Å². The van der Waals surface area contributed by atoms with E-state index in [1.807, 2.05) is 0 Å². The van der Waals surface area contributed by atoms with Gasteiger partial charge in [0.15, 0.2) is 5.69 Å². The average Bonchev–Trinajstić information content (AvgIpc) is 2.72. The number of halogens is 2. The normalized spacial score (nSPS) is 10.5. The Balaban J connectivity index is 2.28. The highest BCUT2D eigenvalue weighted by Gasteiger charge is 2.10. The molecular formula is C11H8Cl2N2O2. The van der Waals surface area contributed by atoms with Gasteiger partial charge in [-0.15, -0.1) is 0 Å². The molecule has 0 aliphatic heterocycles. The third-order valence-corrected chi connectivity index (χ3v) is 2.95. The first-order valence-electron chi connectivity index (χ1n) is 4.77. The first-order valence-corrected chi connectivity index (χ1v) is 5.53. The lowest BCUT2D eigenvalue weighted by molar-refractivity contribution is 0.0689. The van der Waals surface area contributed by atoms with Crippen LogP contribution in [0, 0.1) is 0 Å². The van der Waals surface area contributed by atoms with E-state index < -0.39 is 5.97 Å². The zero-order valence-corrected chi connectivity index (χ0v) is 10.1. The number of benzene rings is 1. The van der Waals surface area contributed by atoms with E-state index >= 15 is 0 Å². The van der Waals surface area contributed by atoms with Crippen molar-refractivity contribution in [1.82, 2.24) is 9.78 Å². The summed E-state index contributed by atoms with van der Waals surface area (Å²) in [5.74, 6) is -1.06. The van der Waals surface area contributed by atoms with Gasteiger partial charge in [-0.3, -0.25) is 4.68 Å². The van der Waals surface area contributed by atoms with Gasteiger partial charge in [0.05, 0.1) is 6.54 Å². The predicted octanol–water partition coefficient (Wildman–Crippen LogP) is 2.94. The molecule has 0 bridgehead atoms. The summed E-state index contributed by atoms with van der Waals surface area (Å²) in [5.41, 5.74) is 0.712. The molecule has 1 aromatic heterocycles. The lowest BCUT2D eigenvalue weighted by atomic mass is 10.2. The minimum Gasteiger partial charge on any atom is -0.476 e. The molecule has 0 saturated carbocycles. The van der Waals surface area contributed by atoms with Crippen molar-refractivity contribution in [2.24, 2.45) is 0 Å². The minimum atomic E-state index is -1.06. The van der Waals surface area contributed by atoms with E-state index in [-0.39, 0.29) is 5.69 Å². The predicted molar refractivity (Wildman–Crippen MR) is 64.8 cm³/mol. The summed E-state index contributed by atoms with van der Waals surface area (Å²) in [6, 6.07) is 6.63. The van der Waals surface area contributed by atoms with Crippen LogP contribution in [0.25, 0.3) is 0 Å². The number of carbonyl (C=O) groups is 1. The quantitative estimate of drug-likeness (QED) is 0.933. The van der Waals surface area contributed by atoms with Crippen LogP contribution in [0.5, 0.6) is 0 Å². The van der Waals surface area contributed by atoms with Gasteiger partial charge in [0.25, 0.3) is 0 Å². The molecule has 0 fully saturated rings. The Kier molecular flexibility index (Phi) is 3.36. The monoisotopic (exact) mass is 270 g/mol. The van der Waals surface area contributed by atoms with Crippen LogP contribution >= 0.6 is 23.2 Å². The fourth-order valence-electron chi connectivity index (χ4n) is 1.41. The topological polar surface area (TPSA) is 55.1 Å². The molecule has 2 aromatic rings. The molecule has 17 heavy (non-hydrogen) atoms. The molecule has 0 amide bonds. The molecule has 0 aliphatic rings. The highest BCUT2D eigenvalue weighted by molar-refractivity contribution is 6.35. The molecule has 88 valence electrons. The Morgan fingerprint density at radius 3 is 2.47 bits per heavy atom. The van der Waals surface area contributed by atoms with Crippen molar-refractivity contribution in [3.8, 4) is 0 Å². The maximum absolute atomic E-state index is 10.7. The Morgan fingerprint density at radius 2 is 1.94 bits per heavy atom. The number of aromatic carboxylic acids is 1. The van der Waals surface area contributed by atoms with E-state index in [9.17, 15) is 4.79 Å². The Hall–Kier alpha value is -1.52. The first-order chi connectivity index (χ1) is 8.08. The minimum absolute atomic E-state index is 0.00632. The maximum atomic E-state index is 10.7. The first kappa shape index (κ1) is 12.0. The fraction of sp³-hybridized carbons (Fsp3) is 0.0909. The molecule has 0 atom stereocenters. The van der Waals surface area contributed by atoms with Crippen LogP contribution in [0.3, 0.4) is 0 Å². The number of nitrogens with zero attached hydrogens (tertiary/aromatic N) is 2. The second kappa shape index (κ2) is 4.77. The van der Waals surface area contributed by atoms with E-state index in [0.29, 0.717) is 16.6 Å². The van der Waals surface area contributed by atoms with E-state index in [1.54, 1.807) is 24.4 Å². The van der Waals surface area contributed by atoms with Crippen LogP contribution in [0.1, 0.15) is 16.1 Å². The smallest absolute Gasteiger partial charge is 0.356 e. The number of hydrogen-bond donors (Lipinski definition) is 1. The third-order valence-electron chi connectivity index (χ3n) is 2.24. The summed E-state index contributed by atoms with van der Waals surface area (Å²) in [4.78, 5) is 10.7. The molecule has 0 saturated heterocycles. The zero-order chi connectivity index (χ0) is 12.4. The molecule has 0 spiro atoms. The number of hydrogen-bond acceptors (Lipinski definition) is 2. The fourth-order valence-corrected chi connectivity index (χ4v) is 1.93. The summed E-state index contributed by atoms with van der Waals surface area (Å²) < 4.78 is 1.48.